The fourth-order valence-electron chi connectivity index (χ4n) is 2.91. The van der Waals surface area contributed by atoms with Crippen molar-refractivity contribution in [2.24, 2.45) is 10.9 Å². The second-order valence-electron chi connectivity index (χ2n) is 7.16. The standard InChI is InChI=1S/C18H33N5O3/c1-4-26-9-5-8-19-18(21-12-17(25)22(2)3)20-11-14-10-16(24)23(13-14)15-6-7-15/h14-15H,4-13H2,1-3H3,(H2,19,20,21). The summed E-state index contributed by atoms with van der Waals surface area (Å²) < 4.78 is 5.33. The van der Waals surface area contributed by atoms with Gasteiger partial charge < -0.3 is 25.2 Å². The van der Waals surface area contributed by atoms with Gasteiger partial charge in [0.2, 0.25) is 11.8 Å². The summed E-state index contributed by atoms with van der Waals surface area (Å²) in [6.07, 6.45) is 3.75. The van der Waals surface area contributed by atoms with E-state index in [1.54, 1.807) is 14.1 Å². The molecule has 1 saturated heterocycles. The number of carbonyl (C=O) groups excluding carboxylic acids is 2. The predicted molar refractivity (Wildman–Crippen MR) is 101 cm³/mol. The van der Waals surface area contributed by atoms with Gasteiger partial charge in [-0.15, -0.1) is 0 Å². The molecular weight excluding hydrogens is 334 g/mol. The maximum absolute atomic E-state index is 12.1. The summed E-state index contributed by atoms with van der Waals surface area (Å²) in [5.41, 5.74) is 0. The lowest BCUT2D eigenvalue weighted by Gasteiger charge is -2.17. The Bertz CT molecular complexity index is 505. The molecule has 148 valence electrons. The quantitative estimate of drug-likeness (QED) is 0.324. The van der Waals surface area contributed by atoms with Gasteiger partial charge in [0.15, 0.2) is 5.96 Å². The molecule has 1 aliphatic carbocycles. The van der Waals surface area contributed by atoms with E-state index in [0.29, 0.717) is 44.1 Å². The molecule has 26 heavy (non-hydrogen) atoms. The molecule has 1 saturated carbocycles. The van der Waals surface area contributed by atoms with Gasteiger partial charge in [-0.25, -0.2) is 4.99 Å². The Morgan fingerprint density at radius 3 is 2.77 bits per heavy atom. The molecule has 1 unspecified atom stereocenters. The van der Waals surface area contributed by atoms with E-state index in [2.05, 4.69) is 15.6 Å². The summed E-state index contributed by atoms with van der Waals surface area (Å²) in [6, 6.07) is 0.482. The molecule has 1 heterocycles. The Morgan fingerprint density at radius 2 is 2.12 bits per heavy atom. The molecule has 0 radical (unpaired) electrons. The van der Waals surface area contributed by atoms with Gasteiger partial charge in [0.1, 0.15) is 6.54 Å². The zero-order valence-corrected chi connectivity index (χ0v) is 16.3. The van der Waals surface area contributed by atoms with E-state index in [4.69, 9.17) is 4.74 Å². The first-order chi connectivity index (χ1) is 12.5. The molecule has 2 rings (SSSR count). The van der Waals surface area contributed by atoms with Gasteiger partial charge in [-0.3, -0.25) is 9.59 Å². The van der Waals surface area contributed by atoms with Gasteiger partial charge in [-0.2, -0.15) is 0 Å². The Hall–Kier alpha value is -1.83. The highest BCUT2D eigenvalue weighted by Crippen LogP contribution is 2.32. The smallest absolute Gasteiger partial charge is 0.243 e. The molecule has 0 bridgehead atoms. The second kappa shape index (κ2) is 10.4. The lowest BCUT2D eigenvalue weighted by Crippen LogP contribution is -2.41. The minimum absolute atomic E-state index is 0.0450. The van der Waals surface area contributed by atoms with E-state index >= 15 is 0 Å². The molecule has 0 aromatic carbocycles. The fraction of sp³-hybridized carbons (Fsp3) is 0.833. The molecule has 2 N–H and O–H groups in total. The van der Waals surface area contributed by atoms with Crippen LogP contribution in [0.1, 0.15) is 32.6 Å². The summed E-state index contributed by atoms with van der Waals surface area (Å²) in [5, 5.41) is 6.54. The SMILES string of the molecule is CCOCCCNC(=NCC(=O)N(C)C)NCC1CC(=O)N(C2CC2)C1. The van der Waals surface area contributed by atoms with Crippen LogP contribution in [0, 0.1) is 5.92 Å². The van der Waals surface area contributed by atoms with Crippen LogP contribution < -0.4 is 10.6 Å². The van der Waals surface area contributed by atoms with Crippen molar-refractivity contribution in [2.75, 3.05) is 53.5 Å². The zero-order chi connectivity index (χ0) is 18.9. The molecule has 0 aromatic heterocycles. The van der Waals surface area contributed by atoms with Crippen molar-refractivity contribution in [3.05, 3.63) is 0 Å². The number of hydrogen-bond donors (Lipinski definition) is 2. The van der Waals surface area contributed by atoms with Crippen LogP contribution >= 0.6 is 0 Å². The van der Waals surface area contributed by atoms with Crippen molar-refractivity contribution in [1.29, 1.82) is 0 Å². The van der Waals surface area contributed by atoms with Crippen LogP contribution in [0.15, 0.2) is 4.99 Å². The van der Waals surface area contributed by atoms with Crippen molar-refractivity contribution < 1.29 is 14.3 Å². The Morgan fingerprint density at radius 1 is 1.35 bits per heavy atom. The lowest BCUT2D eigenvalue weighted by atomic mass is 10.1. The number of likely N-dealkylation sites (N-methyl/N-ethyl adjacent to an activating group) is 1. The first-order valence-electron chi connectivity index (χ1n) is 9.60. The van der Waals surface area contributed by atoms with E-state index in [-0.39, 0.29) is 18.4 Å². The third-order valence-electron chi connectivity index (χ3n) is 4.62. The first kappa shape index (κ1) is 20.5. The number of ether oxygens (including phenoxy) is 1. The number of nitrogens with zero attached hydrogens (tertiary/aromatic N) is 3. The van der Waals surface area contributed by atoms with E-state index in [9.17, 15) is 9.59 Å². The molecule has 2 aliphatic rings. The molecule has 2 amide bonds. The molecule has 1 atom stereocenters. The number of carbonyl (C=O) groups is 2. The number of hydrogen-bond acceptors (Lipinski definition) is 4. The maximum Gasteiger partial charge on any atom is 0.243 e. The number of aliphatic imine (C=N–C) groups is 1. The highest BCUT2D eigenvalue weighted by molar-refractivity contribution is 5.85. The van der Waals surface area contributed by atoms with Crippen LogP contribution in [0.5, 0.6) is 0 Å². The van der Waals surface area contributed by atoms with Gasteiger partial charge in [0, 0.05) is 65.3 Å². The number of rotatable bonds is 10. The highest BCUT2D eigenvalue weighted by Gasteiger charge is 2.39. The Balaban J connectivity index is 1.79. The van der Waals surface area contributed by atoms with Crippen LogP contribution in [0.25, 0.3) is 0 Å². The number of amides is 2. The number of nitrogens with one attached hydrogen (secondary N) is 2. The summed E-state index contributed by atoms with van der Waals surface area (Å²) >= 11 is 0. The average Bonchev–Trinajstić information content (AvgIpc) is 3.38. The number of likely N-dealkylation sites (tertiary alicyclic amines) is 1. The Kier molecular flexibility index (Phi) is 8.15. The van der Waals surface area contributed by atoms with Crippen LogP contribution in [0.2, 0.25) is 0 Å². The van der Waals surface area contributed by atoms with Gasteiger partial charge in [-0.05, 0) is 26.2 Å². The summed E-state index contributed by atoms with van der Waals surface area (Å²) in [6.45, 7) is 5.71. The minimum Gasteiger partial charge on any atom is -0.382 e. The minimum atomic E-state index is -0.0450. The third-order valence-corrected chi connectivity index (χ3v) is 4.62. The highest BCUT2D eigenvalue weighted by atomic mass is 16.5. The monoisotopic (exact) mass is 367 g/mol. The summed E-state index contributed by atoms with van der Waals surface area (Å²) in [5.74, 6) is 1.14. The van der Waals surface area contributed by atoms with Gasteiger partial charge >= 0.3 is 0 Å². The van der Waals surface area contributed by atoms with Gasteiger partial charge in [-0.1, -0.05) is 0 Å². The van der Waals surface area contributed by atoms with Crippen molar-refractivity contribution >= 4 is 17.8 Å². The molecular formula is C18H33N5O3. The molecule has 8 nitrogen and oxygen atoms in total. The van der Waals surface area contributed by atoms with E-state index in [0.717, 1.165) is 32.4 Å². The maximum atomic E-state index is 12.1. The summed E-state index contributed by atoms with van der Waals surface area (Å²) in [7, 11) is 3.44. The normalized spacial score (nSPS) is 20.4. The van der Waals surface area contributed by atoms with Crippen LogP contribution in [0.4, 0.5) is 0 Å². The van der Waals surface area contributed by atoms with Crippen LogP contribution in [0.3, 0.4) is 0 Å². The second-order valence-corrected chi connectivity index (χ2v) is 7.16. The predicted octanol–water partition coefficient (Wildman–Crippen LogP) is 0.0473. The third kappa shape index (κ3) is 6.82. The van der Waals surface area contributed by atoms with Crippen LogP contribution in [-0.4, -0.2) is 87.1 Å². The van der Waals surface area contributed by atoms with Crippen molar-refractivity contribution in [1.82, 2.24) is 20.4 Å². The van der Waals surface area contributed by atoms with Crippen molar-refractivity contribution in [3.8, 4) is 0 Å². The summed E-state index contributed by atoms with van der Waals surface area (Å²) in [4.78, 5) is 31.8. The zero-order valence-electron chi connectivity index (χ0n) is 16.3. The lowest BCUT2D eigenvalue weighted by molar-refractivity contribution is -0.128. The Labute approximate surface area is 156 Å². The van der Waals surface area contributed by atoms with E-state index < -0.39 is 0 Å². The van der Waals surface area contributed by atoms with Crippen molar-refractivity contribution in [3.63, 3.8) is 0 Å². The van der Waals surface area contributed by atoms with Crippen molar-refractivity contribution in [2.45, 2.75) is 38.6 Å². The fourth-order valence-corrected chi connectivity index (χ4v) is 2.91. The first-order valence-corrected chi connectivity index (χ1v) is 9.60. The van der Waals surface area contributed by atoms with Crippen LogP contribution in [-0.2, 0) is 14.3 Å². The number of guanidine groups is 1. The molecule has 8 heteroatoms. The molecule has 0 aromatic rings. The largest absolute Gasteiger partial charge is 0.382 e. The average molecular weight is 367 g/mol. The topological polar surface area (TPSA) is 86.3 Å². The molecule has 2 fully saturated rings. The molecule has 0 spiro atoms. The van der Waals surface area contributed by atoms with Gasteiger partial charge in [0.05, 0.1) is 0 Å². The molecule has 1 aliphatic heterocycles. The van der Waals surface area contributed by atoms with Gasteiger partial charge in [0.25, 0.3) is 0 Å². The van der Waals surface area contributed by atoms with E-state index in [1.165, 1.54) is 4.90 Å². The van der Waals surface area contributed by atoms with E-state index in [1.807, 2.05) is 11.8 Å².